The second kappa shape index (κ2) is 7.98. The first-order valence-corrected chi connectivity index (χ1v) is 6.38. The Morgan fingerprint density at radius 3 is 2.38 bits per heavy atom. The summed E-state index contributed by atoms with van der Waals surface area (Å²) in [5, 5.41) is 3.17. The van der Waals surface area contributed by atoms with E-state index in [0.717, 1.165) is 13.1 Å². The summed E-state index contributed by atoms with van der Waals surface area (Å²) in [6, 6.07) is 4.19. The molecule has 3 rings (SSSR count). The van der Waals surface area contributed by atoms with Crippen LogP contribution in [0, 0.1) is 0 Å². The Labute approximate surface area is 134 Å². The maximum absolute atomic E-state index is 13.4. The molecule has 1 atom stereocenters. The van der Waals surface area contributed by atoms with Crippen molar-refractivity contribution in [3.8, 4) is 11.5 Å². The Kier molecular flexibility index (Phi) is 6.93. The zero-order chi connectivity index (χ0) is 13.2. The number of piperazine rings is 1. The number of halogens is 4. The van der Waals surface area contributed by atoms with E-state index in [1.54, 1.807) is 18.2 Å². The molecule has 0 saturated carbocycles. The molecule has 1 saturated heterocycles. The summed E-state index contributed by atoms with van der Waals surface area (Å²) in [6.45, 7) is 2.90. The number of ether oxygens (including phenoxy) is 2. The Hall–Kier alpha value is -0.820. The van der Waals surface area contributed by atoms with Gasteiger partial charge in [-0.25, -0.2) is 8.78 Å². The van der Waals surface area contributed by atoms with Gasteiger partial charge >= 0.3 is 0 Å². The Morgan fingerprint density at radius 2 is 1.71 bits per heavy atom. The van der Waals surface area contributed by atoms with E-state index in [2.05, 4.69) is 5.32 Å². The van der Waals surface area contributed by atoms with Gasteiger partial charge in [-0.15, -0.1) is 24.8 Å². The average Bonchev–Trinajstić information content (AvgIpc) is 2.87. The van der Waals surface area contributed by atoms with Crippen molar-refractivity contribution in [2.45, 2.75) is 12.5 Å². The Morgan fingerprint density at radius 1 is 1.05 bits per heavy atom. The first-order valence-electron chi connectivity index (χ1n) is 6.38. The van der Waals surface area contributed by atoms with Crippen molar-refractivity contribution in [2.75, 3.05) is 33.0 Å². The van der Waals surface area contributed by atoms with Crippen LogP contribution in [-0.4, -0.2) is 44.3 Å². The molecule has 0 aliphatic carbocycles. The van der Waals surface area contributed by atoms with Crippen LogP contribution in [0.25, 0.3) is 0 Å². The van der Waals surface area contributed by atoms with Crippen LogP contribution in [-0.2, 0) is 0 Å². The second-order valence-electron chi connectivity index (χ2n) is 4.68. The molecule has 0 aromatic heterocycles. The van der Waals surface area contributed by atoms with Crippen molar-refractivity contribution in [3.05, 3.63) is 23.8 Å². The van der Waals surface area contributed by atoms with Gasteiger partial charge < -0.3 is 14.8 Å². The monoisotopic (exact) mass is 342 g/mol. The summed E-state index contributed by atoms with van der Waals surface area (Å²) in [6.07, 6.45) is -2.42. The lowest BCUT2D eigenvalue weighted by atomic mass is 10.0. The molecule has 0 unspecified atom stereocenters. The average molecular weight is 343 g/mol. The van der Waals surface area contributed by atoms with Crippen LogP contribution in [0.4, 0.5) is 8.78 Å². The maximum atomic E-state index is 13.4. The molecule has 1 aromatic rings. The predicted octanol–water partition coefficient (Wildman–Crippen LogP) is 2.47. The van der Waals surface area contributed by atoms with Gasteiger partial charge in [0.05, 0.1) is 6.04 Å². The van der Waals surface area contributed by atoms with Crippen LogP contribution < -0.4 is 14.8 Å². The molecule has 1 aromatic carbocycles. The molecule has 21 heavy (non-hydrogen) atoms. The fourth-order valence-electron chi connectivity index (χ4n) is 2.57. The number of nitrogens with one attached hydrogen (secondary N) is 1. The van der Waals surface area contributed by atoms with Gasteiger partial charge in [0.25, 0.3) is 6.43 Å². The summed E-state index contributed by atoms with van der Waals surface area (Å²) >= 11 is 0. The predicted molar refractivity (Wildman–Crippen MR) is 80.2 cm³/mol. The summed E-state index contributed by atoms with van der Waals surface area (Å²) in [5.74, 6) is 1.18. The molecule has 1 fully saturated rings. The molecule has 0 radical (unpaired) electrons. The second-order valence-corrected chi connectivity index (χ2v) is 4.68. The van der Waals surface area contributed by atoms with Crippen LogP contribution in [0.2, 0.25) is 0 Å². The molecule has 2 aliphatic rings. The largest absolute Gasteiger partial charge is 0.454 e. The quantitative estimate of drug-likeness (QED) is 0.914. The van der Waals surface area contributed by atoms with E-state index >= 15 is 0 Å². The van der Waals surface area contributed by atoms with Crippen molar-refractivity contribution in [1.82, 2.24) is 10.2 Å². The standard InChI is InChI=1S/C13H16F2N2O2.2ClH/c14-13(15)12(17-5-3-16-4-6-17)9-1-2-10-11(7-9)19-8-18-10;;/h1-2,7,12-13,16H,3-6,8H2;2*1H/t12-;;/m1../s1. The molecule has 8 heteroatoms. The number of nitrogens with zero attached hydrogens (tertiary/aromatic N) is 1. The number of benzene rings is 1. The third-order valence-corrected chi connectivity index (χ3v) is 3.52. The van der Waals surface area contributed by atoms with Crippen LogP contribution in [0.5, 0.6) is 11.5 Å². The summed E-state index contributed by atoms with van der Waals surface area (Å²) in [5.41, 5.74) is 0.584. The third-order valence-electron chi connectivity index (χ3n) is 3.52. The summed E-state index contributed by atoms with van der Waals surface area (Å²) < 4.78 is 37.2. The van der Waals surface area contributed by atoms with Crippen molar-refractivity contribution in [2.24, 2.45) is 0 Å². The van der Waals surface area contributed by atoms with Gasteiger partial charge in [0.1, 0.15) is 0 Å². The molecular weight excluding hydrogens is 325 g/mol. The van der Waals surface area contributed by atoms with E-state index in [9.17, 15) is 8.78 Å². The van der Waals surface area contributed by atoms with Crippen molar-refractivity contribution >= 4 is 24.8 Å². The lowest BCUT2D eigenvalue weighted by molar-refractivity contribution is 0.0181. The van der Waals surface area contributed by atoms with E-state index in [4.69, 9.17) is 9.47 Å². The number of alkyl halides is 2. The molecule has 0 bridgehead atoms. The molecule has 0 amide bonds. The first-order chi connectivity index (χ1) is 9.25. The minimum atomic E-state index is -2.42. The van der Waals surface area contributed by atoms with E-state index < -0.39 is 12.5 Å². The molecule has 120 valence electrons. The smallest absolute Gasteiger partial charge is 0.258 e. The van der Waals surface area contributed by atoms with E-state index in [1.165, 1.54) is 0 Å². The number of rotatable bonds is 3. The maximum Gasteiger partial charge on any atom is 0.258 e. The van der Waals surface area contributed by atoms with Gasteiger partial charge in [-0.3, -0.25) is 4.90 Å². The van der Waals surface area contributed by atoms with Gasteiger partial charge in [-0.2, -0.15) is 0 Å². The van der Waals surface area contributed by atoms with Gasteiger partial charge in [0.15, 0.2) is 11.5 Å². The minimum Gasteiger partial charge on any atom is -0.454 e. The molecule has 2 heterocycles. The van der Waals surface area contributed by atoms with Crippen LogP contribution in [0.1, 0.15) is 11.6 Å². The first kappa shape index (κ1) is 18.2. The highest BCUT2D eigenvalue weighted by Gasteiger charge is 2.31. The number of fused-ring (bicyclic) bond motifs is 1. The zero-order valence-corrected chi connectivity index (χ0v) is 12.9. The highest BCUT2D eigenvalue weighted by Crippen LogP contribution is 2.37. The zero-order valence-electron chi connectivity index (χ0n) is 11.3. The lowest BCUT2D eigenvalue weighted by Crippen LogP contribution is -2.46. The van der Waals surface area contributed by atoms with Crippen LogP contribution >= 0.6 is 24.8 Å². The molecule has 1 N–H and O–H groups in total. The van der Waals surface area contributed by atoms with Gasteiger partial charge in [-0.1, -0.05) is 6.07 Å². The Balaban J connectivity index is 0.00000110. The highest BCUT2D eigenvalue weighted by atomic mass is 35.5. The van der Waals surface area contributed by atoms with Crippen molar-refractivity contribution in [3.63, 3.8) is 0 Å². The summed E-state index contributed by atoms with van der Waals surface area (Å²) in [7, 11) is 0. The number of hydrogen-bond donors (Lipinski definition) is 1. The van der Waals surface area contributed by atoms with Crippen molar-refractivity contribution in [1.29, 1.82) is 0 Å². The minimum absolute atomic E-state index is 0. The molecule has 4 nitrogen and oxygen atoms in total. The SMILES string of the molecule is Cl.Cl.FC(F)[C@@H](c1ccc2c(c1)OCO2)N1CCNCC1. The third kappa shape index (κ3) is 3.88. The molecule has 0 spiro atoms. The molecular formula is C13H18Cl2F2N2O2. The Bertz CT molecular complexity index is 460. The fourth-order valence-corrected chi connectivity index (χ4v) is 2.57. The van der Waals surface area contributed by atoms with Gasteiger partial charge in [0, 0.05) is 26.2 Å². The topological polar surface area (TPSA) is 33.7 Å². The number of hydrogen-bond acceptors (Lipinski definition) is 4. The lowest BCUT2D eigenvalue weighted by Gasteiger charge is -2.34. The van der Waals surface area contributed by atoms with E-state index in [-0.39, 0.29) is 31.6 Å². The molecule has 2 aliphatic heterocycles. The van der Waals surface area contributed by atoms with E-state index in [0.29, 0.717) is 30.2 Å². The summed E-state index contributed by atoms with van der Waals surface area (Å²) in [4.78, 5) is 1.82. The fraction of sp³-hybridized carbons (Fsp3) is 0.538. The van der Waals surface area contributed by atoms with Gasteiger partial charge in [-0.05, 0) is 17.7 Å². The normalized spacial score (nSPS) is 18.8. The van der Waals surface area contributed by atoms with Crippen molar-refractivity contribution < 1.29 is 18.3 Å². The highest BCUT2D eigenvalue weighted by molar-refractivity contribution is 5.85. The van der Waals surface area contributed by atoms with Crippen LogP contribution in [0.15, 0.2) is 18.2 Å². The van der Waals surface area contributed by atoms with Gasteiger partial charge in [0.2, 0.25) is 6.79 Å². The van der Waals surface area contributed by atoms with Crippen LogP contribution in [0.3, 0.4) is 0 Å². The van der Waals surface area contributed by atoms with E-state index in [1.807, 2.05) is 4.90 Å².